The first-order valence-corrected chi connectivity index (χ1v) is 11.4. The van der Waals surface area contributed by atoms with Gasteiger partial charge in [0.25, 0.3) is 5.56 Å². The number of hydrogen-bond donors (Lipinski definition) is 1. The van der Waals surface area contributed by atoms with Gasteiger partial charge in [-0.15, -0.1) is 5.10 Å². The van der Waals surface area contributed by atoms with E-state index in [1.807, 2.05) is 47.9 Å². The lowest BCUT2D eigenvalue weighted by molar-refractivity contribution is 0.646. The van der Waals surface area contributed by atoms with Crippen LogP contribution in [0, 0.1) is 6.92 Å². The van der Waals surface area contributed by atoms with Crippen molar-refractivity contribution in [3.8, 4) is 22.5 Å². The van der Waals surface area contributed by atoms with Gasteiger partial charge in [-0.2, -0.15) is 0 Å². The number of aryl methyl sites for hydroxylation is 2. The molecule has 0 fully saturated rings. The van der Waals surface area contributed by atoms with E-state index in [0.717, 1.165) is 58.4 Å². The number of aromatic nitrogens is 7. The summed E-state index contributed by atoms with van der Waals surface area (Å²) >= 11 is 0. The van der Waals surface area contributed by atoms with Gasteiger partial charge in [-0.3, -0.25) is 14.3 Å². The van der Waals surface area contributed by atoms with Crippen molar-refractivity contribution in [1.29, 1.82) is 0 Å². The summed E-state index contributed by atoms with van der Waals surface area (Å²) in [5, 5.41) is 14.8. The number of tetrazole rings is 1. The first-order chi connectivity index (χ1) is 16.6. The molecule has 0 saturated carbocycles. The van der Waals surface area contributed by atoms with Crippen LogP contribution >= 0.6 is 0 Å². The Morgan fingerprint density at radius 1 is 1.03 bits per heavy atom. The van der Waals surface area contributed by atoms with Crippen LogP contribution in [0.25, 0.3) is 33.4 Å². The van der Waals surface area contributed by atoms with E-state index in [0.29, 0.717) is 17.8 Å². The second kappa shape index (κ2) is 9.35. The molecule has 0 bridgehead atoms. The molecule has 0 aliphatic carbocycles. The summed E-state index contributed by atoms with van der Waals surface area (Å²) in [6.45, 7) is 4.62. The number of H-pyrrole nitrogens is 1. The lowest BCUT2D eigenvalue weighted by Gasteiger charge is -2.14. The van der Waals surface area contributed by atoms with Crippen molar-refractivity contribution in [3.63, 3.8) is 0 Å². The van der Waals surface area contributed by atoms with E-state index >= 15 is 0 Å². The zero-order valence-electron chi connectivity index (χ0n) is 19.2. The van der Waals surface area contributed by atoms with Gasteiger partial charge in [-0.25, -0.2) is 10.1 Å². The molecular weight excluding hydrogens is 426 g/mol. The minimum Gasteiger partial charge on any atom is -0.292 e. The molecule has 3 heterocycles. The smallest absolute Gasteiger partial charge is 0.261 e. The largest absolute Gasteiger partial charge is 0.292 e. The Bertz CT molecular complexity index is 1490. The number of fused-ring (bicyclic) bond motifs is 1. The Morgan fingerprint density at radius 3 is 2.65 bits per heavy atom. The van der Waals surface area contributed by atoms with Gasteiger partial charge in [0.2, 0.25) is 0 Å². The number of pyridine rings is 1. The fraction of sp³-hybridized carbons (Fsp3) is 0.231. The highest BCUT2D eigenvalue weighted by atomic mass is 16.1. The van der Waals surface area contributed by atoms with Gasteiger partial charge in [-0.1, -0.05) is 49.2 Å². The number of unbranched alkanes of at least 4 members (excludes halogenated alkanes) is 1. The van der Waals surface area contributed by atoms with Crippen molar-refractivity contribution in [3.05, 3.63) is 88.2 Å². The third-order valence-corrected chi connectivity index (χ3v) is 5.97. The highest BCUT2D eigenvalue weighted by molar-refractivity contribution is 5.80. The Morgan fingerprint density at radius 2 is 1.88 bits per heavy atom. The van der Waals surface area contributed by atoms with Crippen LogP contribution in [0.1, 0.15) is 36.7 Å². The van der Waals surface area contributed by atoms with Gasteiger partial charge in [0.1, 0.15) is 5.82 Å². The van der Waals surface area contributed by atoms with Crippen molar-refractivity contribution >= 4 is 10.9 Å². The molecule has 34 heavy (non-hydrogen) atoms. The molecule has 0 spiro atoms. The van der Waals surface area contributed by atoms with Gasteiger partial charge in [0.15, 0.2) is 5.82 Å². The predicted octanol–water partition coefficient (Wildman–Crippen LogP) is 4.34. The average molecular weight is 452 g/mol. The van der Waals surface area contributed by atoms with Crippen LogP contribution in [-0.2, 0) is 13.0 Å². The maximum atomic E-state index is 13.4. The van der Waals surface area contributed by atoms with Crippen LogP contribution in [0.5, 0.6) is 0 Å². The van der Waals surface area contributed by atoms with E-state index in [2.05, 4.69) is 44.7 Å². The van der Waals surface area contributed by atoms with Crippen LogP contribution in [-0.4, -0.2) is 35.2 Å². The van der Waals surface area contributed by atoms with E-state index in [1.54, 1.807) is 12.4 Å². The van der Waals surface area contributed by atoms with Gasteiger partial charge in [0, 0.05) is 24.4 Å². The molecule has 0 aliphatic rings. The molecule has 0 saturated heterocycles. The lowest BCUT2D eigenvalue weighted by Crippen LogP contribution is -2.26. The maximum Gasteiger partial charge on any atom is 0.261 e. The van der Waals surface area contributed by atoms with Crippen molar-refractivity contribution in [2.24, 2.45) is 0 Å². The number of nitrogens with zero attached hydrogens (tertiary/aromatic N) is 6. The summed E-state index contributed by atoms with van der Waals surface area (Å²) in [5.74, 6) is 1.40. The molecule has 3 aromatic heterocycles. The molecule has 0 aliphatic heterocycles. The third-order valence-electron chi connectivity index (χ3n) is 5.97. The molecular formula is C26H25N7O. The fourth-order valence-electron chi connectivity index (χ4n) is 4.15. The van der Waals surface area contributed by atoms with Gasteiger partial charge in [-0.05, 0) is 58.7 Å². The van der Waals surface area contributed by atoms with Crippen molar-refractivity contribution in [1.82, 2.24) is 35.2 Å². The maximum absolute atomic E-state index is 13.4. The quantitative estimate of drug-likeness (QED) is 0.395. The van der Waals surface area contributed by atoms with Crippen molar-refractivity contribution in [2.75, 3.05) is 0 Å². The molecule has 1 N–H and O–H groups in total. The first-order valence-electron chi connectivity index (χ1n) is 11.4. The van der Waals surface area contributed by atoms with Crippen LogP contribution in [0.15, 0.2) is 65.7 Å². The normalized spacial score (nSPS) is 11.2. The summed E-state index contributed by atoms with van der Waals surface area (Å²) in [7, 11) is 0. The van der Waals surface area contributed by atoms with E-state index in [-0.39, 0.29) is 5.56 Å². The van der Waals surface area contributed by atoms with Crippen LogP contribution < -0.4 is 5.56 Å². The van der Waals surface area contributed by atoms with Crippen LogP contribution in [0.2, 0.25) is 0 Å². The average Bonchev–Trinajstić information content (AvgIpc) is 3.40. The van der Waals surface area contributed by atoms with E-state index in [9.17, 15) is 4.79 Å². The molecule has 0 amide bonds. The summed E-state index contributed by atoms with van der Waals surface area (Å²) in [4.78, 5) is 22.5. The Balaban J connectivity index is 1.51. The van der Waals surface area contributed by atoms with Gasteiger partial charge in [0.05, 0.1) is 17.4 Å². The zero-order chi connectivity index (χ0) is 23.5. The molecule has 0 radical (unpaired) electrons. The SMILES string of the molecule is CCCCc1nc2ccc(C)cc2c(=O)n1Cc1ccc(-c2ccncc2-c2nnn[nH]2)cc1. The molecule has 8 nitrogen and oxygen atoms in total. The third kappa shape index (κ3) is 4.22. The minimum absolute atomic E-state index is 0.0121. The van der Waals surface area contributed by atoms with Crippen LogP contribution in [0.4, 0.5) is 0 Å². The van der Waals surface area contributed by atoms with Crippen molar-refractivity contribution in [2.45, 2.75) is 39.7 Å². The number of benzene rings is 2. The van der Waals surface area contributed by atoms with Gasteiger partial charge < -0.3 is 0 Å². The standard InChI is InChI=1S/C26H25N7O/c1-3-4-5-24-28-23-11-6-17(2)14-21(23)26(34)33(24)16-18-7-9-19(10-8-18)20-12-13-27-15-22(20)25-29-31-32-30-25/h6-15H,3-5,16H2,1-2H3,(H,29,30,31,32). The topological polar surface area (TPSA) is 102 Å². The number of aromatic amines is 1. The minimum atomic E-state index is 0.0121. The van der Waals surface area contributed by atoms with E-state index in [4.69, 9.17) is 4.98 Å². The molecule has 0 unspecified atom stereocenters. The zero-order valence-corrected chi connectivity index (χ0v) is 19.2. The summed E-state index contributed by atoms with van der Waals surface area (Å²) in [5.41, 5.74) is 5.69. The van der Waals surface area contributed by atoms with E-state index < -0.39 is 0 Å². The Labute approximate surface area is 196 Å². The Kier molecular flexibility index (Phi) is 5.95. The van der Waals surface area contributed by atoms with Gasteiger partial charge >= 0.3 is 0 Å². The number of rotatable bonds is 7. The second-order valence-electron chi connectivity index (χ2n) is 8.41. The molecule has 170 valence electrons. The second-order valence-corrected chi connectivity index (χ2v) is 8.41. The lowest BCUT2D eigenvalue weighted by atomic mass is 10.00. The summed E-state index contributed by atoms with van der Waals surface area (Å²) < 4.78 is 1.82. The van der Waals surface area contributed by atoms with E-state index in [1.165, 1.54) is 0 Å². The Hall–Kier alpha value is -4.20. The number of hydrogen-bond acceptors (Lipinski definition) is 6. The molecule has 5 aromatic rings. The predicted molar refractivity (Wildman–Crippen MR) is 131 cm³/mol. The van der Waals surface area contributed by atoms with Crippen molar-refractivity contribution < 1.29 is 0 Å². The molecule has 0 atom stereocenters. The fourth-order valence-corrected chi connectivity index (χ4v) is 4.15. The summed E-state index contributed by atoms with van der Waals surface area (Å²) in [6, 6.07) is 16.0. The first kappa shape index (κ1) is 21.6. The molecule has 8 heteroatoms. The molecule has 5 rings (SSSR count). The highest BCUT2D eigenvalue weighted by Gasteiger charge is 2.13. The summed E-state index contributed by atoms with van der Waals surface area (Å²) in [6.07, 6.45) is 6.31. The monoisotopic (exact) mass is 451 g/mol. The molecule has 2 aromatic carbocycles. The number of nitrogens with one attached hydrogen (secondary N) is 1. The van der Waals surface area contributed by atoms with Crippen LogP contribution in [0.3, 0.4) is 0 Å². The highest BCUT2D eigenvalue weighted by Crippen LogP contribution is 2.29.